The van der Waals surface area contributed by atoms with Crippen molar-refractivity contribution in [3.8, 4) is 5.75 Å². The van der Waals surface area contributed by atoms with E-state index >= 15 is 0 Å². The molecule has 0 radical (unpaired) electrons. The van der Waals surface area contributed by atoms with E-state index in [1.807, 2.05) is 26.8 Å². The summed E-state index contributed by atoms with van der Waals surface area (Å²) in [5.41, 5.74) is 1.67. The van der Waals surface area contributed by atoms with Crippen LogP contribution in [0, 0.1) is 13.8 Å². The van der Waals surface area contributed by atoms with E-state index in [0.717, 1.165) is 24.2 Å². The quantitative estimate of drug-likeness (QED) is 0.806. The minimum atomic E-state index is -0.643. The number of benzene rings is 1. The van der Waals surface area contributed by atoms with Gasteiger partial charge in [0.2, 0.25) is 0 Å². The molecular formula is C13H18O2. The molecule has 82 valence electrons. The molecule has 0 spiro atoms. The average molecular weight is 206 g/mol. The van der Waals surface area contributed by atoms with Crippen molar-refractivity contribution in [3.63, 3.8) is 0 Å². The van der Waals surface area contributed by atoms with Gasteiger partial charge in [0.1, 0.15) is 11.9 Å². The van der Waals surface area contributed by atoms with Gasteiger partial charge in [-0.1, -0.05) is 12.1 Å². The molecule has 0 heterocycles. The van der Waals surface area contributed by atoms with E-state index in [1.54, 1.807) is 0 Å². The molecule has 0 saturated heterocycles. The second kappa shape index (κ2) is 3.53. The van der Waals surface area contributed by atoms with Crippen LogP contribution >= 0.6 is 0 Å². The molecule has 1 aliphatic rings. The predicted molar refractivity (Wildman–Crippen MR) is 60.2 cm³/mol. The Hall–Kier alpha value is -1.02. The summed E-state index contributed by atoms with van der Waals surface area (Å²) in [4.78, 5) is 0. The van der Waals surface area contributed by atoms with Gasteiger partial charge in [-0.25, -0.2) is 0 Å². The molecule has 2 rings (SSSR count). The highest BCUT2D eigenvalue weighted by molar-refractivity contribution is 5.36. The van der Waals surface area contributed by atoms with Crippen molar-refractivity contribution in [1.29, 1.82) is 0 Å². The van der Waals surface area contributed by atoms with Crippen molar-refractivity contribution in [3.05, 3.63) is 29.3 Å². The molecule has 1 aromatic rings. The van der Waals surface area contributed by atoms with Gasteiger partial charge in [0, 0.05) is 0 Å². The first-order valence-electron chi connectivity index (χ1n) is 5.45. The lowest BCUT2D eigenvalue weighted by molar-refractivity contribution is -0.118. The molecule has 1 saturated carbocycles. The van der Waals surface area contributed by atoms with Crippen LogP contribution in [0.1, 0.15) is 30.9 Å². The third-order valence-electron chi connectivity index (χ3n) is 3.22. The maximum Gasteiger partial charge on any atom is 0.127 e. The minimum Gasteiger partial charge on any atom is -0.487 e. The highest BCUT2D eigenvalue weighted by Crippen LogP contribution is 2.36. The largest absolute Gasteiger partial charge is 0.487 e. The standard InChI is InChI=1S/C13H18O2/c1-9-4-5-10(2)11(8-9)15-12-6-7-13(12,3)14/h4-5,8,12,14H,6-7H2,1-3H3/t12-,13-/m0/s1. The first-order chi connectivity index (χ1) is 6.99. The lowest BCUT2D eigenvalue weighted by Gasteiger charge is -2.42. The Morgan fingerprint density at radius 2 is 2.13 bits per heavy atom. The second-order valence-corrected chi connectivity index (χ2v) is 4.77. The Bertz CT molecular complexity index is 369. The van der Waals surface area contributed by atoms with E-state index in [1.165, 1.54) is 5.56 Å². The summed E-state index contributed by atoms with van der Waals surface area (Å²) in [6.07, 6.45) is 1.74. The van der Waals surface area contributed by atoms with E-state index in [2.05, 4.69) is 12.1 Å². The molecule has 1 aliphatic carbocycles. The van der Waals surface area contributed by atoms with Gasteiger partial charge < -0.3 is 9.84 Å². The van der Waals surface area contributed by atoms with Gasteiger partial charge in [0.25, 0.3) is 0 Å². The van der Waals surface area contributed by atoms with Gasteiger partial charge in [-0.3, -0.25) is 0 Å². The third-order valence-corrected chi connectivity index (χ3v) is 3.22. The molecule has 2 heteroatoms. The van der Waals surface area contributed by atoms with E-state index < -0.39 is 5.60 Å². The maximum atomic E-state index is 9.87. The first-order valence-corrected chi connectivity index (χ1v) is 5.45. The zero-order valence-electron chi connectivity index (χ0n) is 9.58. The van der Waals surface area contributed by atoms with Gasteiger partial charge in [-0.15, -0.1) is 0 Å². The SMILES string of the molecule is Cc1ccc(C)c(O[C@H]2CC[C@]2(C)O)c1. The lowest BCUT2D eigenvalue weighted by Crippen LogP contribution is -2.52. The number of ether oxygens (including phenoxy) is 1. The van der Waals surface area contributed by atoms with Crippen LogP contribution < -0.4 is 4.74 Å². The highest BCUT2D eigenvalue weighted by Gasteiger charge is 2.43. The summed E-state index contributed by atoms with van der Waals surface area (Å²) in [6.45, 7) is 5.92. The van der Waals surface area contributed by atoms with Crippen LogP contribution in [-0.2, 0) is 0 Å². The van der Waals surface area contributed by atoms with Crippen LogP contribution in [0.15, 0.2) is 18.2 Å². The molecule has 1 N–H and O–H groups in total. The zero-order valence-corrected chi connectivity index (χ0v) is 9.58. The molecule has 1 aromatic carbocycles. The van der Waals surface area contributed by atoms with Crippen LogP contribution in [0.5, 0.6) is 5.75 Å². The minimum absolute atomic E-state index is 0.0435. The summed E-state index contributed by atoms with van der Waals surface area (Å²) in [6, 6.07) is 6.16. The lowest BCUT2D eigenvalue weighted by atomic mass is 9.78. The van der Waals surface area contributed by atoms with Crippen LogP contribution in [0.2, 0.25) is 0 Å². The fourth-order valence-electron chi connectivity index (χ4n) is 1.85. The van der Waals surface area contributed by atoms with Crippen molar-refractivity contribution in [2.75, 3.05) is 0 Å². The van der Waals surface area contributed by atoms with Gasteiger partial charge in [-0.2, -0.15) is 0 Å². The number of aryl methyl sites for hydroxylation is 2. The fourth-order valence-corrected chi connectivity index (χ4v) is 1.85. The maximum absolute atomic E-state index is 9.87. The smallest absolute Gasteiger partial charge is 0.127 e. The molecule has 2 nitrogen and oxygen atoms in total. The van der Waals surface area contributed by atoms with Crippen molar-refractivity contribution in [2.45, 2.75) is 45.3 Å². The number of aliphatic hydroxyl groups is 1. The second-order valence-electron chi connectivity index (χ2n) is 4.77. The Morgan fingerprint density at radius 3 is 2.67 bits per heavy atom. The monoisotopic (exact) mass is 206 g/mol. The molecule has 15 heavy (non-hydrogen) atoms. The van der Waals surface area contributed by atoms with Crippen molar-refractivity contribution >= 4 is 0 Å². The van der Waals surface area contributed by atoms with E-state index in [0.29, 0.717) is 0 Å². The first kappa shape index (κ1) is 10.5. The predicted octanol–water partition coefficient (Wildman–Crippen LogP) is 2.60. The third kappa shape index (κ3) is 2.00. The molecule has 0 bridgehead atoms. The van der Waals surface area contributed by atoms with Crippen LogP contribution in [0.4, 0.5) is 0 Å². The van der Waals surface area contributed by atoms with Crippen LogP contribution in [0.25, 0.3) is 0 Å². The molecule has 0 aromatic heterocycles. The Morgan fingerprint density at radius 1 is 1.40 bits per heavy atom. The molecule has 2 atom stereocenters. The Labute approximate surface area is 90.9 Å². The van der Waals surface area contributed by atoms with Crippen molar-refractivity contribution in [1.82, 2.24) is 0 Å². The fraction of sp³-hybridized carbons (Fsp3) is 0.538. The average Bonchev–Trinajstić information content (AvgIpc) is 2.18. The summed E-state index contributed by atoms with van der Waals surface area (Å²) < 4.78 is 5.83. The van der Waals surface area contributed by atoms with Crippen LogP contribution in [-0.4, -0.2) is 16.8 Å². The molecular weight excluding hydrogens is 188 g/mol. The summed E-state index contributed by atoms with van der Waals surface area (Å²) >= 11 is 0. The summed E-state index contributed by atoms with van der Waals surface area (Å²) in [7, 11) is 0. The Kier molecular flexibility index (Phi) is 2.47. The molecule has 1 fully saturated rings. The molecule has 0 unspecified atom stereocenters. The van der Waals surface area contributed by atoms with Gasteiger partial charge in [0.05, 0.1) is 5.60 Å². The number of rotatable bonds is 2. The van der Waals surface area contributed by atoms with Gasteiger partial charge >= 0.3 is 0 Å². The molecule has 0 amide bonds. The van der Waals surface area contributed by atoms with Crippen molar-refractivity contribution < 1.29 is 9.84 Å². The summed E-state index contributed by atoms with van der Waals surface area (Å²) in [5, 5.41) is 9.87. The van der Waals surface area contributed by atoms with E-state index in [-0.39, 0.29) is 6.10 Å². The van der Waals surface area contributed by atoms with Gasteiger partial charge in [0.15, 0.2) is 0 Å². The topological polar surface area (TPSA) is 29.5 Å². The van der Waals surface area contributed by atoms with Gasteiger partial charge in [-0.05, 0) is 50.8 Å². The number of hydrogen-bond donors (Lipinski definition) is 1. The normalized spacial score (nSPS) is 29.7. The van der Waals surface area contributed by atoms with E-state index in [4.69, 9.17) is 4.74 Å². The Balaban J connectivity index is 2.14. The highest BCUT2D eigenvalue weighted by atomic mass is 16.5. The number of hydrogen-bond acceptors (Lipinski definition) is 2. The van der Waals surface area contributed by atoms with Crippen LogP contribution in [0.3, 0.4) is 0 Å². The summed E-state index contributed by atoms with van der Waals surface area (Å²) in [5.74, 6) is 0.903. The van der Waals surface area contributed by atoms with Crippen molar-refractivity contribution in [2.24, 2.45) is 0 Å². The zero-order chi connectivity index (χ0) is 11.1. The van der Waals surface area contributed by atoms with E-state index in [9.17, 15) is 5.11 Å². The molecule has 0 aliphatic heterocycles.